The van der Waals surface area contributed by atoms with Gasteiger partial charge in [-0.05, 0) is 24.3 Å². The number of nitrogens with one attached hydrogen (secondary N) is 1. The van der Waals surface area contributed by atoms with E-state index in [0.717, 1.165) is 40.8 Å². The van der Waals surface area contributed by atoms with E-state index in [-0.39, 0.29) is 12.4 Å². The van der Waals surface area contributed by atoms with Crippen molar-refractivity contribution in [3.8, 4) is 0 Å². The van der Waals surface area contributed by atoms with Crippen LogP contribution in [0.3, 0.4) is 0 Å². The molecule has 1 aromatic carbocycles. The van der Waals surface area contributed by atoms with Gasteiger partial charge in [-0.15, -0.1) is 0 Å². The van der Waals surface area contributed by atoms with Gasteiger partial charge < -0.3 is 22.2 Å². The van der Waals surface area contributed by atoms with Crippen molar-refractivity contribution < 1.29 is 21.5 Å². The Balaban J connectivity index is 0.00000176. The predicted molar refractivity (Wildman–Crippen MR) is 84.7 cm³/mol. The Kier molecular flexibility index (Phi) is 5.56. The van der Waals surface area contributed by atoms with Gasteiger partial charge >= 0.3 is 0 Å². The number of pyridine rings is 1. The second kappa shape index (κ2) is 7.22. The van der Waals surface area contributed by atoms with Gasteiger partial charge in [-0.3, -0.25) is 0 Å². The Morgan fingerprint density at radius 2 is 1.86 bits per heavy atom. The van der Waals surface area contributed by atoms with E-state index in [1.807, 2.05) is 36.4 Å². The number of hydrogen-bond donors (Lipinski definition) is 1. The van der Waals surface area contributed by atoms with E-state index in [4.69, 9.17) is 0 Å². The van der Waals surface area contributed by atoms with E-state index >= 15 is 0 Å². The molecule has 2 aromatic rings. The first-order valence-corrected chi connectivity index (χ1v) is 8.36. The van der Waals surface area contributed by atoms with Gasteiger partial charge in [-0.25, -0.2) is 9.19 Å². The molecule has 1 atom stereocenters. The fourth-order valence-electron chi connectivity index (χ4n) is 2.62. The fourth-order valence-corrected chi connectivity index (χ4v) is 3.95. The average molecular weight is 338 g/mol. The zero-order valence-corrected chi connectivity index (χ0v) is 14.3. The molecule has 0 amide bonds. The lowest BCUT2D eigenvalue weighted by molar-refractivity contribution is -0.858. The smallest absolute Gasteiger partial charge is 0.149 e. The summed E-state index contributed by atoms with van der Waals surface area (Å²) >= 11 is 0. The van der Waals surface area contributed by atoms with Crippen LogP contribution in [-0.2, 0) is 10.8 Å². The van der Waals surface area contributed by atoms with E-state index in [9.17, 15) is 4.21 Å². The van der Waals surface area contributed by atoms with Gasteiger partial charge in [0.1, 0.15) is 5.82 Å². The summed E-state index contributed by atoms with van der Waals surface area (Å²) in [7, 11) is 3.18. The highest BCUT2D eigenvalue weighted by atomic mass is 35.5. The van der Waals surface area contributed by atoms with Crippen molar-refractivity contribution in [3.63, 3.8) is 0 Å². The van der Waals surface area contributed by atoms with Crippen LogP contribution in [0.1, 0.15) is 6.42 Å². The predicted octanol–water partition coefficient (Wildman–Crippen LogP) is -1.76. The molecule has 0 fully saturated rings. The highest BCUT2D eigenvalue weighted by molar-refractivity contribution is 7.85. The van der Waals surface area contributed by atoms with Crippen LogP contribution >= 0.6 is 0 Å². The topological polar surface area (TPSA) is 37.6 Å². The van der Waals surface area contributed by atoms with Crippen LogP contribution in [0.25, 0.3) is 0 Å². The Labute approximate surface area is 140 Å². The van der Waals surface area contributed by atoms with Gasteiger partial charge in [0, 0.05) is 19.2 Å². The quantitative estimate of drug-likeness (QED) is 0.718. The zero-order chi connectivity index (χ0) is 14.8. The number of nitrogens with zero attached hydrogens (tertiary/aromatic N) is 2. The third-order valence-electron chi connectivity index (χ3n) is 3.62. The third kappa shape index (κ3) is 3.16. The van der Waals surface area contributed by atoms with Crippen LogP contribution < -0.4 is 22.2 Å². The molecule has 1 aliphatic heterocycles. The average Bonchev–Trinajstić information content (AvgIpc) is 2.50. The van der Waals surface area contributed by atoms with Crippen LogP contribution in [-0.4, -0.2) is 36.4 Å². The maximum atomic E-state index is 12.7. The number of aromatic nitrogens is 1. The molecule has 0 saturated heterocycles. The van der Waals surface area contributed by atoms with E-state index < -0.39 is 10.8 Å². The summed E-state index contributed by atoms with van der Waals surface area (Å²) in [6.45, 7) is 1.99. The molecule has 3 rings (SSSR count). The lowest BCUT2D eigenvalue weighted by atomic mass is 10.2. The zero-order valence-electron chi connectivity index (χ0n) is 12.8. The van der Waals surface area contributed by atoms with Crippen molar-refractivity contribution >= 4 is 22.3 Å². The highest BCUT2D eigenvalue weighted by Gasteiger charge is 2.28. The summed E-state index contributed by atoms with van der Waals surface area (Å²) < 4.78 is 12.7. The Hall–Kier alpha value is -1.43. The molecule has 118 valence electrons. The number of quaternary nitrogens is 1. The standard InChI is InChI=1S/C16H19N3OS.ClH/c1-18(2)11-6-12-19-13-7-3-4-8-14(13)21(20)15-9-5-10-17-16(15)19;/h3-5,7-10H,6,11-12H2,1-2H3;1H. The molecule has 22 heavy (non-hydrogen) atoms. The number of para-hydroxylation sites is 1. The number of hydrogen-bond acceptors (Lipinski definition) is 3. The molecular formula is C16H20ClN3OS. The summed E-state index contributed by atoms with van der Waals surface area (Å²) in [5.41, 5.74) is 1.02. The van der Waals surface area contributed by atoms with Crippen LogP contribution in [0.5, 0.6) is 0 Å². The molecule has 0 aliphatic carbocycles. The molecule has 1 aromatic heterocycles. The second-order valence-electron chi connectivity index (χ2n) is 5.52. The van der Waals surface area contributed by atoms with Crippen LogP contribution in [0.4, 0.5) is 11.5 Å². The van der Waals surface area contributed by atoms with E-state index in [0.29, 0.717) is 0 Å². The maximum absolute atomic E-state index is 12.7. The minimum absolute atomic E-state index is 0. The molecule has 4 nitrogen and oxygen atoms in total. The second-order valence-corrected chi connectivity index (χ2v) is 6.94. The minimum Gasteiger partial charge on any atom is -1.00 e. The van der Waals surface area contributed by atoms with Gasteiger partial charge in [0.15, 0.2) is 0 Å². The lowest BCUT2D eigenvalue weighted by Crippen LogP contribution is -3.05. The van der Waals surface area contributed by atoms with Crippen molar-refractivity contribution in [1.82, 2.24) is 4.98 Å². The van der Waals surface area contributed by atoms with Crippen LogP contribution in [0.15, 0.2) is 52.4 Å². The first-order chi connectivity index (χ1) is 10.2. The SMILES string of the molecule is C[NH+](C)CCCN1c2ccccc2S(=O)c2cccnc21.[Cl-]. The summed E-state index contributed by atoms with van der Waals surface area (Å²) in [5.74, 6) is 0.836. The summed E-state index contributed by atoms with van der Waals surface area (Å²) in [4.78, 5) is 9.81. The van der Waals surface area contributed by atoms with Crippen molar-refractivity contribution in [2.45, 2.75) is 16.2 Å². The summed E-state index contributed by atoms with van der Waals surface area (Å²) in [5, 5.41) is 0. The van der Waals surface area contributed by atoms with Gasteiger partial charge in [0.25, 0.3) is 0 Å². The largest absolute Gasteiger partial charge is 1.00 e. The van der Waals surface area contributed by atoms with Crippen LogP contribution in [0.2, 0.25) is 0 Å². The molecule has 6 heteroatoms. The Morgan fingerprint density at radius 3 is 2.64 bits per heavy atom. The van der Waals surface area contributed by atoms with E-state index in [2.05, 4.69) is 24.0 Å². The molecule has 0 radical (unpaired) electrons. The van der Waals surface area contributed by atoms with Crippen molar-refractivity contribution in [3.05, 3.63) is 42.6 Å². The molecule has 1 N–H and O–H groups in total. The number of benzene rings is 1. The molecule has 0 saturated carbocycles. The van der Waals surface area contributed by atoms with Crippen molar-refractivity contribution in [2.75, 3.05) is 32.1 Å². The van der Waals surface area contributed by atoms with E-state index in [1.165, 1.54) is 4.90 Å². The fraction of sp³-hybridized carbons (Fsp3) is 0.312. The number of rotatable bonds is 4. The van der Waals surface area contributed by atoms with Crippen LogP contribution in [0, 0.1) is 0 Å². The normalized spacial score (nSPS) is 16.0. The lowest BCUT2D eigenvalue weighted by Gasteiger charge is -2.31. The molecule has 0 spiro atoms. The van der Waals surface area contributed by atoms with E-state index in [1.54, 1.807) is 6.20 Å². The van der Waals surface area contributed by atoms with Crippen molar-refractivity contribution in [2.24, 2.45) is 0 Å². The molecule has 2 heterocycles. The van der Waals surface area contributed by atoms with Crippen molar-refractivity contribution in [1.29, 1.82) is 0 Å². The number of anilines is 2. The minimum atomic E-state index is -1.13. The van der Waals surface area contributed by atoms with Gasteiger partial charge in [0.05, 0.1) is 46.9 Å². The number of halogens is 1. The molecule has 0 bridgehead atoms. The molecular weight excluding hydrogens is 318 g/mol. The summed E-state index contributed by atoms with van der Waals surface area (Å²) in [6.07, 6.45) is 2.84. The Bertz CT molecular complexity index is 628. The van der Waals surface area contributed by atoms with Gasteiger partial charge in [0.2, 0.25) is 0 Å². The first-order valence-electron chi connectivity index (χ1n) is 7.21. The molecule has 1 unspecified atom stereocenters. The maximum Gasteiger partial charge on any atom is 0.149 e. The highest BCUT2D eigenvalue weighted by Crippen LogP contribution is 2.40. The van der Waals surface area contributed by atoms with Gasteiger partial charge in [-0.2, -0.15) is 0 Å². The number of fused-ring (bicyclic) bond motifs is 2. The first kappa shape index (κ1) is 16.9. The van der Waals surface area contributed by atoms with Gasteiger partial charge in [-0.1, -0.05) is 12.1 Å². The Morgan fingerprint density at radius 1 is 1.14 bits per heavy atom. The monoisotopic (exact) mass is 337 g/mol. The molecule has 1 aliphatic rings. The third-order valence-corrected chi connectivity index (χ3v) is 5.08. The summed E-state index contributed by atoms with van der Waals surface area (Å²) in [6, 6.07) is 11.7.